The van der Waals surface area contributed by atoms with Crippen LogP contribution in [0.4, 0.5) is 0 Å². The zero-order valence-electron chi connectivity index (χ0n) is 23.1. The van der Waals surface area contributed by atoms with Gasteiger partial charge >= 0.3 is 0 Å². The molecule has 8 rings (SSSR count). The number of aromatic nitrogens is 1. The van der Waals surface area contributed by atoms with E-state index in [-0.39, 0.29) is 24.2 Å². The standard InChI is InChI=1S/C34H21NS/c1-2-8-21(9-3-1)24-16-17-26-29(19-24)35-30-20-28(25-15-14-22-10-4-5-11-23(22)18-25)34-33(32(26)30)27-12-6-7-13-31(27)36-34/h1-20,35H/i6D,7D,12D,13D. The van der Waals surface area contributed by atoms with Crippen LogP contribution in [0.2, 0.25) is 0 Å². The fraction of sp³-hybridized carbons (Fsp3) is 0. The summed E-state index contributed by atoms with van der Waals surface area (Å²) in [5.41, 5.74) is 6.26. The highest BCUT2D eigenvalue weighted by molar-refractivity contribution is 7.26. The van der Waals surface area contributed by atoms with E-state index in [2.05, 4.69) is 71.7 Å². The molecule has 0 bridgehead atoms. The van der Waals surface area contributed by atoms with Crippen molar-refractivity contribution in [3.05, 3.63) is 121 Å². The average Bonchev–Trinajstić information content (AvgIpc) is 3.57. The third-order valence-corrected chi connectivity index (χ3v) is 8.25. The summed E-state index contributed by atoms with van der Waals surface area (Å²) in [6, 6.07) is 33.2. The normalized spacial score (nSPS) is 13.4. The van der Waals surface area contributed by atoms with Crippen LogP contribution in [0, 0.1) is 0 Å². The molecule has 0 saturated heterocycles. The third kappa shape index (κ3) is 2.89. The molecule has 0 fully saturated rings. The summed E-state index contributed by atoms with van der Waals surface area (Å²) in [5, 5.41) is 5.81. The van der Waals surface area contributed by atoms with Gasteiger partial charge in [-0.15, -0.1) is 11.3 Å². The number of nitrogens with one attached hydrogen (secondary N) is 1. The molecule has 0 spiro atoms. The molecule has 0 radical (unpaired) electrons. The maximum Gasteiger partial charge on any atom is 0.0638 e. The molecule has 168 valence electrons. The minimum Gasteiger partial charge on any atom is -0.354 e. The van der Waals surface area contributed by atoms with Crippen LogP contribution in [0.1, 0.15) is 5.48 Å². The molecule has 2 heteroatoms. The minimum atomic E-state index is -0.201. The van der Waals surface area contributed by atoms with E-state index in [1.54, 1.807) is 0 Å². The van der Waals surface area contributed by atoms with Crippen LogP contribution >= 0.6 is 11.3 Å². The summed E-state index contributed by atoms with van der Waals surface area (Å²) in [5.74, 6) is 0. The topological polar surface area (TPSA) is 15.8 Å². The minimum absolute atomic E-state index is 0.00877. The predicted octanol–water partition coefficient (Wildman–Crippen LogP) is 10.2. The van der Waals surface area contributed by atoms with Crippen LogP contribution in [0.3, 0.4) is 0 Å². The van der Waals surface area contributed by atoms with Gasteiger partial charge in [-0.1, -0.05) is 97.0 Å². The number of H-pyrrole nitrogens is 1. The SMILES string of the molecule is [2H]c1c([2H])c([2H])c2c(sc3c(-c4ccc5ccccc5c4)cc4[nH]c5cc(-c6ccccc6)ccc5c4c32)c1[2H]. The van der Waals surface area contributed by atoms with Crippen LogP contribution in [-0.2, 0) is 0 Å². The number of fused-ring (bicyclic) bond motifs is 8. The molecule has 36 heavy (non-hydrogen) atoms. The Bertz CT molecular complexity index is 2320. The summed E-state index contributed by atoms with van der Waals surface area (Å²) < 4.78 is 35.9. The second-order valence-electron chi connectivity index (χ2n) is 9.17. The Balaban J connectivity index is 1.54. The van der Waals surface area contributed by atoms with Crippen molar-refractivity contribution in [2.24, 2.45) is 0 Å². The lowest BCUT2D eigenvalue weighted by Crippen LogP contribution is -1.82. The van der Waals surface area contributed by atoms with Gasteiger partial charge in [-0.2, -0.15) is 0 Å². The van der Waals surface area contributed by atoms with Gasteiger partial charge in [0.05, 0.1) is 5.48 Å². The Morgan fingerprint density at radius 3 is 2.31 bits per heavy atom. The molecule has 6 aromatic carbocycles. The van der Waals surface area contributed by atoms with Crippen LogP contribution in [0.25, 0.3) is 75.0 Å². The van der Waals surface area contributed by atoms with Crippen molar-refractivity contribution < 1.29 is 5.48 Å². The summed E-state index contributed by atoms with van der Waals surface area (Å²) in [4.78, 5) is 3.65. The molecule has 0 aliphatic rings. The van der Waals surface area contributed by atoms with E-state index in [9.17, 15) is 0 Å². The van der Waals surface area contributed by atoms with Gasteiger partial charge in [-0.25, -0.2) is 0 Å². The summed E-state index contributed by atoms with van der Waals surface area (Å²) in [6.45, 7) is 0. The zero-order valence-corrected chi connectivity index (χ0v) is 20.0. The Morgan fingerprint density at radius 2 is 1.39 bits per heavy atom. The highest BCUT2D eigenvalue weighted by Gasteiger charge is 2.18. The number of hydrogen-bond donors (Lipinski definition) is 1. The van der Waals surface area contributed by atoms with Crippen LogP contribution in [-0.4, -0.2) is 4.98 Å². The zero-order chi connectivity index (χ0) is 27.1. The fourth-order valence-corrected chi connectivity index (χ4v) is 6.59. The monoisotopic (exact) mass is 479 g/mol. The number of aromatic amines is 1. The maximum absolute atomic E-state index is 8.90. The van der Waals surface area contributed by atoms with Crippen molar-refractivity contribution in [2.45, 2.75) is 0 Å². The van der Waals surface area contributed by atoms with Gasteiger partial charge in [0, 0.05) is 47.5 Å². The second-order valence-corrected chi connectivity index (χ2v) is 10.2. The van der Waals surface area contributed by atoms with Gasteiger partial charge in [-0.05, 0) is 51.7 Å². The molecular weight excluding hydrogens is 454 g/mol. The van der Waals surface area contributed by atoms with Crippen molar-refractivity contribution in [1.29, 1.82) is 0 Å². The number of benzene rings is 6. The van der Waals surface area contributed by atoms with Gasteiger partial charge in [-0.3, -0.25) is 0 Å². The van der Waals surface area contributed by atoms with Crippen molar-refractivity contribution in [3.8, 4) is 22.3 Å². The molecule has 0 amide bonds. The van der Waals surface area contributed by atoms with Crippen molar-refractivity contribution in [1.82, 2.24) is 4.98 Å². The molecular formula is C34H21NS. The van der Waals surface area contributed by atoms with Crippen LogP contribution in [0.15, 0.2) is 121 Å². The molecule has 0 aliphatic carbocycles. The van der Waals surface area contributed by atoms with E-state index in [4.69, 9.17) is 5.48 Å². The summed E-state index contributed by atoms with van der Waals surface area (Å²) in [7, 11) is 0. The summed E-state index contributed by atoms with van der Waals surface area (Å²) in [6.07, 6.45) is 0. The Morgan fingerprint density at radius 1 is 0.583 bits per heavy atom. The molecule has 0 saturated carbocycles. The number of hydrogen-bond acceptors (Lipinski definition) is 1. The lowest BCUT2D eigenvalue weighted by molar-refractivity contribution is 1.54. The lowest BCUT2D eigenvalue weighted by Gasteiger charge is -2.08. The molecule has 0 unspecified atom stereocenters. The number of rotatable bonds is 2. The van der Waals surface area contributed by atoms with Crippen molar-refractivity contribution >= 4 is 64.1 Å². The van der Waals surface area contributed by atoms with Gasteiger partial charge in [0.1, 0.15) is 0 Å². The largest absolute Gasteiger partial charge is 0.354 e. The van der Waals surface area contributed by atoms with Crippen LogP contribution < -0.4 is 0 Å². The van der Waals surface area contributed by atoms with Gasteiger partial charge in [0.15, 0.2) is 0 Å². The molecule has 8 aromatic rings. The first-order chi connectivity index (χ1) is 19.5. The van der Waals surface area contributed by atoms with Gasteiger partial charge in [0.25, 0.3) is 0 Å². The molecule has 2 heterocycles. The highest BCUT2D eigenvalue weighted by atomic mass is 32.1. The van der Waals surface area contributed by atoms with E-state index >= 15 is 0 Å². The predicted molar refractivity (Wildman–Crippen MR) is 157 cm³/mol. The third-order valence-electron chi connectivity index (χ3n) is 7.11. The number of thiophene rings is 1. The van der Waals surface area contributed by atoms with E-state index in [1.807, 2.05) is 30.3 Å². The first-order valence-electron chi connectivity index (χ1n) is 13.9. The molecule has 1 N–H and O–H groups in total. The van der Waals surface area contributed by atoms with E-state index < -0.39 is 0 Å². The lowest BCUT2D eigenvalue weighted by atomic mass is 9.96. The fourth-order valence-electron chi connectivity index (χ4n) is 5.44. The smallest absolute Gasteiger partial charge is 0.0638 e. The quantitative estimate of drug-likeness (QED) is 0.254. The van der Waals surface area contributed by atoms with E-state index in [0.29, 0.717) is 10.1 Å². The second kappa shape index (κ2) is 7.55. The summed E-state index contributed by atoms with van der Waals surface area (Å²) >= 11 is 1.45. The average molecular weight is 480 g/mol. The van der Waals surface area contributed by atoms with Gasteiger partial charge in [0.2, 0.25) is 0 Å². The van der Waals surface area contributed by atoms with E-state index in [0.717, 1.165) is 59.5 Å². The molecule has 1 nitrogen and oxygen atoms in total. The molecule has 0 aliphatic heterocycles. The van der Waals surface area contributed by atoms with Gasteiger partial charge < -0.3 is 4.98 Å². The maximum atomic E-state index is 8.90. The Labute approximate surface area is 217 Å². The molecule has 0 atom stereocenters. The Kier molecular flexibility index (Phi) is 3.42. The first kappa shape index (κ1) is 16.3. The highest BCUT2D eigenvalue weighted by Crippen LogP contribution is 2.46. The van der Waals surface area contributed by atoms with Crippen molar-refractivity contribution in [3.63, 3.8) is 0 Å². The first-order valence-corrected chi connectivity index (χ1v) is 12.8. The van der Waals surface area contributed by atoms with Crippen LogP contribution in [0.5, 0.6) is 0 Å². The van der Waals surface area contributed by atoms with E-state index in [1.165, 1.54) is 16.7 Å². The molecule has 2 aromatic heterocycles. The van der Waals surface area contributed by atoms with Crippen molar-refractivity contribution in [2.75, 3.05) is 0 Å². The Hall–Kier alpha value is -4.40.